The predicted molar refractivity (Wildman–Crippen MR) is 145 cm³/mol. The van der Waals surface area contributed by atoms with Crippen molar-refractivity contribution in [3.05, 3.63) is 77.4 Å². The number of aliphatic imine (C=N–C) groups is 2. The Hall–Kier alpha value is -3.10. The van der Waals surface area contributed by atoms with Gasteiger partial charge in [0, 0.05) is 17.0 Å². The SMILES string of the molecule is C[C@@H](NC(=O)c1cc(NC(=O)C2=NCC(Cl)C=C2)cc(C2(C)CCSC(N)=N2)c1)c1ccccc1. The fourth-order valence-corrected chi connectivity index (χ4v) is 5.10. The van der Waals surface area contributed by atoms with Crippen LogP contribution >= 0.6 is 23.4 Å². The van der Waals surface area contributed by atoms with Crippen molar-refractivity contribution < 1.29 is 9.59 Å². The summed E-state index contributed by atoms with van der Waals surface area (Å²) >= 11 is 7.54. The molecule has 0 aliphatic carbocycles. The summed E-state index contributed by atoms with van der Waals surface area (Å²) in [4.78, 5) is 35.0. The third-order valence-corrected chi connectivity index (χ3v) is 7.13. The molecule has 2 aliphatic heterocycles. The van der Waals surface area contributed by atoms with Crippen molar-refractivity contribution >= 4 is 51.7 Å². The molecule has 0 aromatic heterocycles. The summed E-state index contributed by atoms with van der Waals surface area (Å²) in [6.07, 6.45) is 4.10. The van der Waals surface area contributed by atoms with E-state index >= 15 is 0 Å². The molecule has 35 heavy (non-hydrogen) atoms. The quantitative estimate of drug-likeness (QED) is 0.501. The molecule has 2 aliphatic rings. The average molecular weight is 510 g/mol. The van der Waals surface area contributed by atoms with E-state index in [1.807, 2.05) is 56.3 Å². The number of dihydropyridines is 1. The zero-order valence-electron chi connectivity index (χ0n) is 19.6. The van der Waals surface area contributed by atoms with Crippen molar-refractivity contribution in [1.29, 1.82) is 0 Å². The number of hydrogen-bond acceptors (Lipinski definition) is 6. The van der Waals surface area contributed by atoms with Crippen LogP contribution in [0.15, 0.2) is 70.7 Å². The lowest BCUT2D eigenvalue weighted by Crippen LogP contribution is -2.31. The molecule has 0 saturated carbocycles. The first-order chi connectivity index (χ1) is 16.7. The van der Waals surface area contributed by atoms with Crippen molar-refractivity contribution in [2.24, 2.45) is 15.7 Å². The number of hydrogen-bond donors (Lipinski definition) is 3. The molecule has 0 spiro atoms. The van der Waals surface area contributed by atoms with Gasteiger partial charge in [-0.05, 0) is 55.7 Å². The topological polar surface area (TPSA) is 109 Å². The van der Waals surface area contributed by atoms with E-state index in [0.29, 0.717) is 28.7 Å². The number of rotatable bonds is 6. The number of thioether (sulfide) groups is 1. The van der Waals surface area contributed by atoms with Gasteiger partial charge in [-0.25, -0.2) is 0 Å². The van der Waals surface area contributed by atoms with Gasteiger partial charge in [0.05, 0.1) is 23.5 Å². The highest BCUT2D eigenvalue weighted by Crippen LogP contribution is 2.36. The maximum Gasteiger partial charge on any atom is 0.273 e. The second-order valence-electron chi connectivity index (χ2n) is 8.78. The zero-order chi connectivity index (χ0) is 25.0. The summed E-state index contributed by atoms with van der Waals surface area (Å²) in [6, 6.07) is 14.9. The van der Waals surface area contributed by atoms with E-state index in [0.717, 1.165) is 23.3 Å². The number of amides is 2. The second kappa shape index (κ2) is 10.7. The molecule has 0 saturated heterocycles. The molecule has 2 unspecified atom stereocenters. The van der Waals surface area contributed by atoms with E-state index in [4.69, 9.17) is 17.3 Å². The molecule has 4 rings (SSSR count). The highest BCUT2D eigenvalue weighted by Gasteiger charge is 2.31. The Bertz CT molecular complexity index is 1210. The van der Waals surface area contributed by atoms with Crippen molar-refractivity contribution in [2.75, 3.05) is 17.6 Å². The largest absolute Gasteiger partial charge is 0.379 e. The molecule has 0 fully saturated rings. The Kier molecular flexibility index (Phi) is 7.62. The summed E-state index contributed by atoms with van der Waals surface area (Å²) in [5.74, 6) is 0.207. The van der Waals surface area contributed by atoms with Crippen molar-refractivity contribution in [2.45, 2.75) is 37.2 Å². The van der Waals surface area contributed by atoms with Gasteiger partial charge in [-0.2, -0.15) is 0 Å². The normalized spacial score (nSPS) is 22.5. The molecular formula is C26H28ClN5O2S. The first kappa shape index (κ1) is 25.0. The van der Waals surface area contributed by atoms with Crippen LogP contribution in [0.25, 0.3) is 0 Å². The van der Waals surface area contributed by atoms with E-state index in [1.54, 1.807) is 18.2 Å². The van der Waals surface area contributed by atoms with Gasteiger partial charge in [0.15, 0.2) is 5.17 Å². The number of nitrogens with two attached hydrogens (primary N) is 1. The molecule has 2 heterocycles. The first-order valence-electron chi connectivity index (χ1n) is 11.4. The maximum absolute atomic E-state index is 13.3. The number of carbonyl (C=O) groups is 2. The van der Waals surface area contributed by atoms with Crippen LogP contribution < -0.4 is 16.4 Å². The minimum absolute atomic E-state index is 0.189. The lowest BCUT2D eigenvalue weighted by Gasteiger charge is -2.30. The molecule has 7 nitrogen and oxygen atoms in total. The number of anilines is 1. The molecule has 2 amide bonds. The van der Waals surface area contributed by atoms with Gasteiger partial charge in [0.1, 0.15) is 5.71 Å². The first-order valence-corrected chi connectivity index (χ1v) is 12.8. The fourth-order valence-electron chi connectivity index (χ4n) is 3.98. The Labute approximate surface area is 214 Å². The van der Waals surface area contributed by atoms with Gasteiger partial charge < -0.3 is 16.4 Å². The van der Waals surface area contributed by atoms with E-state index < -0.39 is 5.54 Å². The van der Waals surface area contributed by atoms with Crippen molar-refractivity contribution in [3.8, 4) is 0 Å². The van der Waals surface area contributed by atoms with Crippen LogP contribution in [0.1, 0.15) is 47.8 Å². The monoisotopic (exact) mass is 509 g/mol. The smallest absolute Gasteiger partial charge is 0.273 e. The summed E-state index contributed by atoms with van der Waals surface area (Å²) in [5, 5.41) is 6.22. The van der Waals surface area contributed by atoms with Gasteiger partial charge in [-0.1, -0.05) is 48.2 Å². The number of carbonyl (C=O) groups excluding carboxylic acids is 2. The molecule has 0 bridgehead atoms. The van der Waals surface area contributed by atoms with Crippen LogP contribution in [-0.4, -0.2) is 40.4 Å². The Morgan fingerprint density at radius 3 is 2.66 bits per heavy atom. The second-order valence-corrected chi connectivity index (χ2v) is 10.5. The number of nitrogens with zero attached hydrogens (tertiary/aromatic N) is 2. The standard InChI is InChI=1S/C26H28ClN5O2S/c1-16(17-6-4-3-5-7-17)30-23(33)18-12-19(26(2)10-11-35-25(28)32-26)14-21(13-18)31-24(34)22-9-8-20(27)15-29-22/h3-9,12-14,16,20H,10-11,15H2,1-2H3,(H2,28,32)(H,30,33)(H,31,34)/t16-,20?,26?/m1/s1. The molecule has 182 valence electrons. The van der Waals surface area contributed by atoms with E-state index in [-0.39, 0.29) is 23.2 Å². The third-order valence-electron chi connectivity index (χ3n) is 6.05. The average Bonchev–Trinajstić information content (AvgIpc) is 2.84. The molecule has 9 heteroatoms. The van der Waals surface area contributed by atoms with Crippen molar-refractivity contribution in [1.82, 2.24) is 5.32 Å². The molecule has 2 aromatic carbocycles. The molecule has 3 atom stereocenters. The Balaban J connectivity index is 1.65. The molecular weight excluding hydrogens is 482 g/mol. The number of amidine groups is 1. The van der Waals surface area contributed by atoms with E-state index in [2.05, 4.69) is 20.6 Å². The van der Waals surface area contributed by atoms with E-state index in [9.17, 15) is 9.59 Å². The zero-order valence-corrected chi connectivity index (χ0v) is 21.2. The van der Waals surface area contributed by atoms with Gasteiger partial charge in [0.25, 0.3) is 11.8 Å². The van der Waals surface area contributed by atoms with Gasteiger partial charge >= 0.3 is 0 Å². The lowest BCUT2D eigenvalue weighted by molar-refractivity contribution is -0.110. The number of halogens is 1. The van der Waals surface area contributed by atoms with Gasteiger partial charge in [-0.3, -0.25) is 19.6 Å². The lowest BCUT2D eigenvalue weighted by atomic mass is 9.88. The number of nitrogens with one attached hydrogen (secondary N) is 2. The summed E-state index contributed by atoms with van der Waals surface area (Å²) in [7, 11) is 0. The van der Waals surface area contributed by atoms with Crippen LogP contribution in [0.4, 0.5) is 5.69 Å². The highest BCUT2D eigenvalue weighted by molar-refractivity contribution is 8.13. The van der Waals surface area contributed by atoms with Gasteiger partial charge in [0.2, 0.25) is 0 Å². The molecule has 4 N–H and O–H groups in total. The fraction of sp³-hybridized carbons (Fsp3) is 0.308. The highest BCUT2D eigenvalue weighted by atomic mass is 35.5. The Morgan fingerprint density at radius 1 is 1.20 bits per heavy atom. The van der Waals surface area contributed by atoms with Crippen LogP contribution in [0, 0.1) is 0 Å². The predicted octanol–water partition coefficient (Wildman–Crippen LogP) is 4.40. The van der Waals surface area contributed by atoms with E-state index in [1.165, 1.54) is 11.8 Å². The summed E-state index contributed by atoms with van der Waals surface area (Å²) in [5.41, 5.74) is 8.43. The summed E-state index contributed by atoms with van der Waals surface area (Å²) < 4.78 is 0. The van der Waals surface area contributed by atoms with Crippen LogP contribution in [-0.2, 0) is 10.3 Å². The number of benzene rings is 2. The molecule has 2 aromatic rings. The van der Waals surface area contributed by atoms with Crippen LogP contribution in [0.5, 0.6) is 0 Å². The number of alkyl halides is 1. The van der Waals surface area contributed by atoms with Crippen molar-refractivity contribution in [3.63, 3.8) is 0 Å². The minimum Gasteiger partial charge on any atom is -0.379 e. The Morgan fingerprint density at radius 2 is 1.97 bits per heavy atom. The van der Waals surface area contributed by atoms with Crippen LogP contribution in [0.3, 0.4) is 0 Å². The van der Waals surface area contributed by atoms with Crippen LogP contribution in [0.2, 0.25) is 0 Å². The third kappa shape index (κ3) is 6.13. The summed E-state index contributed by atoms with van der Waals surface area (Å²) in [6.45, 7) is 4.26. The minimum atomic E-state index is -0.607. The van der Waals surface area contributed by atoms with Gasteiger partial charge in [-0.15, -0.1) is 11.6 Å². The maximum atomic E-state index is 13.3. The molecule has 0 radical (unpaired) electrons.